The Morgan fingerprint density at radius 2 is 1.96 bits per heavy atom. The van der Waals surface area contributed by atoms with Crippen LogP contribution in [0.1, 0.15) is 61.5 Å². The normalized spacial score (nSPS) is 19.0. The lowest BCUT2D eigenvalue weighted by molar-refractivity contribution is 0.0907. The summed E-state index contributed by atoms with van der Waals surface area (Å²) in [6, 6.07) is 6.80. The van der Waals surface area contributed by atoms with Crippen molar-refractivity contribution >= 4 is 5.91 Å². The van der Waals surface area contributed by atoms with Crippen LogP contribution in [-0.2, 0) is 0 Å². The van der Waals surface area contributed by atoms with E-state index in [1.165, 1.54) is 12.8 Å². The Balaban J connectivity index is 1.48. The fourth-order valence-electron chi connectivity index (χ4n) is 3.86. The molecule has 1 saturated carbocycles. The molecule has 26 heavy (non-hydrogen) atoms. The van der Waals surface area contributed by atoms with Crippen LogP contribution in [-0.4, -0.2) is 50.7 Å². The van der Waals surface area contributed by atoms with Crippen molar-refractivity contribution in [1.29, 1.82) is 0 Å². The van der Waals surface area contributed by atoms with Crippen LogP contribution in [0.2, 0.25) is 0 Å². The predicted octanol–water partition coefficient (Wildman–Crippen LogP) is 2.75. The fraction of sp³-hybridized carbons (Fsp3) is 0.550. The van der Waals surface area contributed by atoms with Crippen LogP contribution in [0.4, 0.5) is 0 Å². The van der Waals surface area contributed by atoms with E-state index in [0.29, 0.717) is 5.56 Å². The van der Waals surface area contributed by atoms with Crippen LogP contribution in [0.3, 0.4) is 0 Å². The molecule has 1 saturated heterocycles. The Morgan fingerprint density at radius 1 is 1.19 bits per heavy atom. The summed E-state index contributed by atoms with van der Waals surface area (Å²) in [5, 5.41) is 7.69. The maximum Gasteiger partial charge on any atom is 0.255 e. The van der Waals surface area contributed by atoms with Gasteiger partial charge >= 0.3 is 0 Å². The molecule has 4 rings (SSSR count). The molecule has 2 aromatic rings. The van der Waals surface area contributed by atoms with Gasteiger partial charge in [-0.25, -0.2) is 9.67 Å². The number of nitrogens with zero attached hydrogens (tertiary/aromatic N) is 4. The van der Waals surface area contributed by atoms with Crippen molar-refractivity contribution in [3.63, 3.8) is 0 Å². The number of piperidine rings is 1. The van der Waals surface area contributed by atoms with Crippen molar-refractivity contribution in [2.45, 2.75) is 57.5 Å². The van der Waals surface area contributed by atoms with Gasteiger partial charge in [0.25, 0.3) is 5.91 Å². The lowest BCUT2D eigenvalue weighted by atomic mass is 10.0. The first-order chi connectivity index (χ1) is 12.6. The van der Waals surface area contributed by atoms with Crippen LogP contribution < -0.4 is 5.32 Å². The Hall–Kier alpha value is -2.21. The maximum absolute atomic E-state index is 12.9. The summed E-state index contributed by atoms with van der Waals surface area (Å²) in [6.07, 6.45) is 8.19. The van der Waals surface area contributed by atoms with Gasteiger partial charge in [-0.3, -0.25) is 4.79 Å². The third kappa shape index (κ3) is 3.51. The molecular weight excluding hydrogens is 326 g/mol. The number of hydrogen-bond acceptors (Lipinski definition) is 4. The van der Waals surface area contributed by atoms with Gasteiger partial charge in [-0.1, -0.05) is 19.9 Å². The van der Waals surface area contributed by atoms with Crippen molar-refractivity contribution in [2.75, 3.05) is 13.1 Å². The van der Waals surface area contributed by atoms with E-state index in [1.54, 1.807) is 17.1 Å². The minimum Gasteiger partial charge on any atom is -0.349 e. The highest BCUT2D eigenvalue weighted by Gasteiger charge is 2.32. The number of nitrogens with one attached hydrogen (secondary N) is 1. The number of rotatable bonds is 5. The fourth-order valence-corrected chi connectivity index (χ4v) is 3.86. The number of amides is 1. The van der Waals surface area contributed by atoms with Gasteiger partial charge in [0, 0.05) is 31.4 Å². The van der Waals surface area contributed by atoms with Crippen molar-refractivity contribution in [1.82, 2.24) is 25.0 Å². The molecule has 1 amide bonds. The number of pyridine rings is 1. The van der Waals surface area contributed by atoms with E-state index in [2.05, 4.69) is 34.1 Å². The van der Waals surface area contributed by atoms with E-state index in [0.717, 1.165) is 43.5 Å². The lowest BCUT2D eigenvalue weighted by Gasteiger charge is -2.32. The molecule has 2 aliphatic rings. The summed E-state index contributed by atoms with van der Waals surface area (Å²) in [4.78, 5) is 19.9. The summed E-state index contributed by atoms with van der Waals surface area (Å²) < 4.78 is 1.79. The number of hydrogen-bond donors (Lipinski definition) is 1. The summed E-state index contributed by atoms with van der Waals surface area (Å²) in [5.74, 6) is 0.908. The Kier molecular flexibility index (Phi) is 4.76. The minimum atomic E-state index is -0.0132. The second kappa shape index (κ2) is 7.19. The highest BCUT2D eigenvalue weighted by molar-refractivity contribution is 5.95. The van der Waals surface area contributed by atoms with Crippen molar-refractivity contribution in [3.8, 4) is 5.82 Å². The van der Waals surface area contributed by atoms with Crippen molar-refractivity contribution in [3.05, 3.63) is 41.9 Å². The third-order valence-electron chi connectivity index (χ3n) is 5.39. The topological polar surface area (TPSA) is 63.1 Å². The van der Waals surface area contributed by atoms with Crippen LogP contribution in [0.25, 0.3) is 5.82 Å². The smallest absolute Gasteiger partial charge is 0.255 e. The van der Waals surface area contributed by atoms with E-state index in [4.69, 9.17) is 0 Å². The molecular formula is C20H27N5O. The molecule has 1 aliphatic carbocycles. The number of carbonyl (C=O) groups is 1. The first-order valence-corrected chi connectivity index (χ1v) is 9.67. The molecule has 1 N–H and O–H groups in total. The zero-order valence-electron chi connectivity index (χ0n) is 15.6. The SMILES string of the molecule is CC(C)c1c(C(=O)NC2CCN(C3CC3)CC2)cnn1-c1ccccn1. The van der Waals surface area contributed by atoms with Gasteiger partial charge < -0.3 is 10.2 Å². The van der Waals surface area contributed by atoms with E-state index < -0.39 is 0 Å². The molecule has 3 heterocycles. The third-order valence-corrected chi connectivity index (χ3v) is 5.39. The van der Waals surface area contributed by atoms with E-state index in [9.17, 15) is 4.79 Å². The first-order valence-electron chi connectivity index (χ1n) is 9.67. The van der Waals surface area contributed by atoms with Gasteiger partial charge in [-0.15, -0.1) is 0 Å². The van der Waals surface area contributed by atoms with Crippen LogP contribution in [0.5, 0.6) is 0 Å². The summed E-state index contributed by atoms with van der Waals surface area (Å²) in [7, 11) is 0. The van der Waals surface area contributed by atoms with E-state index in [1.807, 2.05) is 18.2 Å². The van der Waals surface area contributed by atoms with Gasteiger partial charge in [0.2, 0.25) is 0 Å². The minimum absolute atomic E-state index is 0.0132. The van der Waals surface area contributed by atoms with Gasteiger partial charge in [-0.2, -0.15) is 5.10 Å². The van der Waals surface area contributed by atoms with Crippen molar-refractivity contribution in [2.24, 2.45) is 0 Å². The Bertz CT molecular complexity index is 758. The molecule has 2 aromatic heterocycles. The average molecular weight is 353 g/mol. The summed E-state index contributed by atoms with van der Waals surface area (Å²) >= 11 is 0. The average Bonchev–Trinajstić information content (AvgIpc) is 3.40. The zero-order chi connectivity index (χ0) is 18.1. The molecule has 0 spiro atoms. The second-order valence-corrected chi connectivity index (χ2v) is 7.71. The van der Waals surface area contributed by atoms with E-state index >= 15 is 0 Å². The molecule has 6 nitrogen and oxygen atoms in total. The molecule has 0 bridgehead atoms. The summed E-state index contributed by atoms with van der Waals surface area (Å²) in [5.41, 5.74) is 1.58. The number of likely N-dealkylation sites (tertiary alicyclic amines) is 1. The maximum atomic E-state index is 12.9. The Labute approximate surface area is 154 Å². The van der Waals surface area contributed by atoms with Crippen LogP contribution >= 0.6 is 0 Å². The number of carbonyl (C=O) groups excluding carboxylic acids is 1. The number of aromatic nitrogens is 3. The molecule has 138 valence electrons. The van der Waals surface area contributed by atoms with Gasteiger partial charge in [0.15, 0.2) is 5.82 Å². The molecule has 0 atom stereocenters. The molecule has 0 radical (unpaired) electrons. The van der Waals surface area contributed by atoms with Crippen LogP contribution in [0.15, 0.2) is 30.6 Å². The molecule has 2 fully saturated rings. The van der Waals surface area contributed by atoms with Crippen molar-refractivity contribution < 1.29 is 4.79 Å². The predicted molar refractivity (Wildman–Crippen MR) is 101 cm³/mol. The molecule has 0 aromatic carbocycles. The van der Waals surface area contributed by atoms with Crippen LogP contribution in [0, 0.1) is 0 Å². The summed E-state index contributed by atoms with van der Waals surface area (Å²) in [6.45, 7) is 6.36. The highest BCUT2D eigenvalue weighted by Crippen LogP contribution is 2.29. The first kappa shape index (κ1) is 17.2. The van der Waals surface area contributed by atoms with Gasteiger partial charge in [-0.05, 0) is 43.7 Å². The van der Waals surface area contributed by atoms with Gasteiger partial charge in [0.05, 0.1) is 17.5 Å². The van der Waals surface area contributed by atoms with E-state index in [-0.39, 0.29) is 17.9 Å². The quantitative estimate of drug-likeness (QED) is 0.898. The Morgan fingerprint density at radius 3 is 2.58 bits per heavy atom. The standard InChI is InChI=1S/C20H27N5O/c1-14(2)19-17(13-22-25(19)18-5-3-4-10-21-18)20(26)23-15-8-11-24(12-9-15)16-6-7-16/h3-5,10,13-16H,6-9,11-12H2,1-2H3,(H,23,26). The lowest BCUT2D eigenvalue weighted by Crippen LogP contribution is -2.45. The molecule has 1 aliphatic heterocycles. The molecule has 0 unspecified atom stereocenters. The second-order valence-electron chi connectivity index (χ2n) is 7.71. The monoisotopic (exact) mass is 353 g/mol. The largest absolute Gasteiger partial charge is 0.349 e. The van der Waals surface area contributed by atoms with Gasteiger partial charge in [0.1, 0.15) is 0 Å². The highest BCUT2D eigenvalue weighted by atomic mass is 16.1. The zero-order valence-corrected chi connectivity index (χ0v) is 15.6. The molecule has 6 heteroatoms.